The average Bonchev–Trinajstić information content (AvgIpc) is 2.87. The van der Waals surface area contributed by atoms with Crippen molar-refractivity contribution in [3.8, 4) is 5.75 Å². The Bertz CT molecular complexity index is 656. The molecule has 0 spiro atoms. The summed E-state index contributed by atoms with van der Waals surface area (Å²) in [5, 5.41) is 6.37. The smallest absolute Gasteiger partial charge is 0.278 e. The Morgan fingerprint density at radius 2 is 2.21 bits per heavy atom. The second-order valence-corrected chi connectivity index (χ2v) is 5.69. The molecular formula is C11H12ClN3O3S. The maximum atomic E-state index is 12.0. The third-order valence-corrected chi connectivity index (χ3v) is 3.78. The van der Waals surface area contributed by atoms with Crippen LogP contribution in [0.1, 0.15) is 6.92 Å². The molecular weight excluding hydrogens is 290 g/mol. The summed E-state index contributed by atoms with van der Waals surface area (Å²) < 4.78 is 31.8. The zero-order chi connectivity index (χ0) is 13.9. The molecule has 0 aliphatic heterocycles. The van der Waals surface area contributed by atoms with E-state index in [0.717, 1.165) is 0 Å². The zero-order valence-corrected chi connectivity index (χ0v) is 11.6. The quantitative estimate of drug-likeness (QED) is 0.887. The lowest BCUT2D eigenvalue weighted by Gasteiger charge is -2.12. The number of halogens is 1. The van der Waals surface area contributed by atoms with Gasteiger partial charge in [-0.05, 0) is 31.2 Å². The Morgan fingerprint density at radius 3 is 2.84 bits per heavy atom. The van der Waals surface area contributed by atoms with Gasteiger partial charge in [0.1, 0.15) is 5.75 Å². The summed E-state index contributed by atoms with van der Waals surface area (Å²) in [6.45, 7) is 2.22. The van der Waals surface area contributed by atoms with Gasteiger partial charge < -0.3 is 4.74 Å². The molecule has 0 unspecified atom stereocenters. The minimum Gasteiger partial charge on any atom is -0.492 e. The molecule has 0 saturated carbocycles. The van der Waals surface area contributed by atoms with Crippen LogP contribution in [0.5, 0.6) is 5.75 Å². The van der Waals surface area contributed by atoms with Crippen molar-refractivity contribution in [2.24, 2.45) is 0 Å². The number of rotatable bonds is 5. The SMILES string of the molecule is CCOc1ccc(Cl)cc1NS(=O)(=O)c1ccn[nH]1. The normalized spacial score (nSPS) is 11.3. The standard InChI is InChI=1S/C11H12ClN3O3S/c1-2-18-10-4-3-8(12)7-9(10)15-19(16,17)11-5-6-13-14-11/h3-7,15H,2H2,1H3,(H,13,14). The minimum absolute atomic E-state index is 0.0325. The van der Waals surface area contributed by atoms with Crippen molar-refractivity contribution in [3.63, 3.8) is 0 Å². The summed E-state index contributed by atoms with van der Waals surface area (Å²) in [5.74, 6) is 0.412. The Morgan fingerprint density at radius 1 is 1.42 bits per heavy atom. The maximum absolute atomic E-state index is 12.0. The van der Waals surface area contributed by atoms with Gasteiger partial charge in [0.05, 0.1) is 18.5 Å². The van der Waals surface area contributed by atoms with E-state index in [-0.39, 0.29) is 10.7 Å². The van der Waals surface area contributed by atoms with Crippen LogP contribution in [0, 0.1) is 0 Å². The predicted octanol–water partition coefficient (Wildman–Crippen LogP) is 2.26. The lowest BCUT2D eigenvalue weighted by molar-refractivity contribution is 0.342. The Kier molecular flexibility index (Phi) is 3.96. The highest BCUT2D eigenvalue weighted by Crippen LogP contribution is 2.29. The molecule has 0 aliphatic rings. The number of nitrogens with zero attached hydrogens (tertiary/aromatic N) is 1. The number of benzene rings is 1. The van der Waals surface area contributed by atoms with E-state index in [1.165, 1.54) is 18.3 Å². The molecule has 0 saturated heterocycles. The number of H-pyrrole nitrogens is 1. The van der Waals surface area contributed by atoms with Crippen molar-refractivity contribution in [3.05, 3.63) is 35.5 Å². The van der Waals surface area contributed by atoms with Gasteiger partial charge in [0.15, 0.2) is 5.03 Å². The topological polar surface area (TPSA) is 84.1 Å². The number of sulfonamides is 1. The van der Waals surface area contributed by atoms with Gasteiger partial charge in [0.25, 0.3) is 10.0 Å². The molecule has 1 aromatic carbocycles. The molecule has 19 heavy (non-hydrogen) atoms. The second kappa shape index (κ2) is 5.50. The lowest BCUT2D eigenvalue weighted by Crippen LogP contribution is -2.14. The number of nitrogens with one attached hydrogen (secondary N) is 2. The lowest BCUT2D eigenvalue weighted by atomic mass is 10.3. The summed E-state index contributed by atoms with van der Waals surface area (Å²) >= 11 is 5.86. The highest BCUT2D eigenvalue weighted by molar-refractivity contribution is 7.92. The van der Waals surface area contributed by atoms with E-state index in [1.807, 2.05) is 6.92 Å². The number of aromatic nitrogens is 2. The third-order valence-electron chi connectivity index (χ3n) is 2.25. The van der Waals surface area contributed by atoms with Crippen molar-refractivity contribution in [2.45, 2.75) is 11.9 Å². The first kappa shape index (κ1) is 13.7. The van der Waals surface area contributed by atoms with Gasteiger partial charge in [-0.2, -0.15) is 13.5 Å². The van der Waals surface area contributed by atoms with Crippen molar-refractivity contribution in [1.29, 1.82) is 0 Å². The van der Waals surface area contributed by atoms with Crippen LogP contribution in [0.3, 0.4) is 0 Å². The van der Waals surface area contributed by atoms with Gasteiger partial charge in [-0.25, -0.2) is 0 Å². The molecule has 1 heterocycles. The largest absolute Gasteiger partial charge is 0.492 e. The van der Waals surface area contributed by atoms with Crippen molar-refractivity contribution in [1.82, 2.24) is 10.2 Å². The molecule has 2 rings (SSSR count). The summed E-state index contributed by atoms with van der Waals surface area (Å²) in [7, 11) is -3.73. The molecule has 0 aliphatic carbocycles. The van der Waals surface area contributed by atoms with Crippen LogP contribution < -0.4 is 9.46 Å². The van der Waals surface area contributed by atoms with E-state index in [0.29, 0.717) is 17.4 Å². The van der Waals surface area contributed by atoms with E-state index < -0.39 is 10.0 Å². The Balaban J connectivity index is 2.35. The van der Waals surface area contributed by atoms with Crippen molar-refractivity contribution < 1.29 is 13.2 Å². The van der Waals surface area contributed by atoms with E-state index in [9.17, 15) is 8.42 Å². The molecule has 0 atom stereocenters. The predicted molar refractivity (Wildman–Crippen MR) is 72.0 cm³/mol. The second-order valence-electron chi connectivity index (χ2n) is 3.60. The minimum atomic E-state index is -3.73. The number of aromatic amines is 1. The van der Waals surface area contributed by atoms with Gasteiger partial charge in [-0.15, -0.1) is 0 Å². The highest BCUT2D eigenvalue weighted by atomic mass is 35.5. The molecule has 102 valence electrons. The van der Waals surface area contributed by atoms with Crippen LogP contribution in [0.25, 0.3) is 0 Å². The van der Waals surface area contributed by atoms with Crippen LogP contribution in [0.15, 0.2) is 35.5 Å². The van der Waals surface area contributed by atoms with Crippen LogP contribution in [-0.2, 0) is 10.0 Å². The van der Waals surface area contributed by atoms with E-state index in [2.05, 4.69) is 14.9 Å². The van der Waals surface area contributed by atoms with E-state index >= 15 is 0 Å². The molecule has 8 heteroatoms. The van der Waals surface area contributed by atoms with E-state index in [4.69, 9.17) is 16.3 Å². The number of hydrogen-bond acceptors (Lipinski definition) is 4. The van der Waals surface area contributed by atoms with Gasteiger partial charge in [-0.1, -0.05) is 11.6 Å². The van der Waals surface area contributed by atoms with Gasteiger partial charge in [-0.3, -0.25) is 9.82 Å². The summed E-state index contributed by atoms with van der Waals surface area (Å²) in [6, 6.07) is 6.07. The summed E-state index contributed by atoms with van der Waals surface area (Å²) in [5.41, 5.74) is 0.281. The molecule has 0 radical (unpaired) electrons. The first-order chi connectivity index (χ1) is 9.03. The van der Waals surface area contributed by atoms with Gasteiger partial charge in [0.2, 0.25) is 0 Å². The number of ether oxygens (including phenoxy) is 1. The van der Waals surface area contributed by atoms with Gasteiger partial charge in [0, 0.05) is 5.02 Å². The van der Waals surface area contributed by atoms with Crippen LogP contribution in [0.4, 0.5) is 5.69 Å². The molecule has 0 amide bonds. The van der Waals surface area contributed by atoms with Crippen LogP contribution in [0.2, 0.25) is 5.02 Å². The van der Waals surface area contributed by atoms with E-state index in [1.54, 1.807) is 12.1 Å². The summed E-state index contributed by atoms with van der Waals surface area (Å²) in [6.07, 6.45) is 1.36. The zero-order valence-electron chi connectivity index (χ0n) is 10.1. The fraction of sp³-hybridized carbons (Fsp3) is 0.182. The number of hydrogen-bond donors (Lipinski definition) is 2. The average molecular weight is 302 g/mol. The first-order valence-corrected chi connectivity index (χ1v) is 7.33. The molecule has 1 aromatic heterocycles. The van der Waals surface area contributed by atoms with Gasteiger partial charge >= 0.3 is 0 Å². The molecule has 2 N–H and O–H groups in total. The summed E-state index contributed by atoms with van der Waals surface area (Å²) in [4.78, 5) is 0. The Hall–Kier alpha value is -1.73. The molecule has 0 fully saturated rings. The Labute approximate surface area is 115 Å². The van der Waals surface area contributed by atoms with Crippen molar-refractivity contribution >= 4 is 27.3 Å². The third kappa shape index (κ3) is 3.18. The first-order valence-electron chi connectivity index (χ1n) is 5.47. The monoisotopic (exact) mass is 301 g/mol. The molecule has 6 nitrogen and oxygen atoms in total. The highest BCUT2D eigenvalue weighted by Gasteiger charge is 2.18. The maximum Gasteiger partial charge on any atom is 0.278 e. The number of anilines is 1. The molecule has 0 bridgehead atoms. The van der Waals surface area contributed by atoms with Crippen LogP contribution >= 0.6 is 11.6 Å². The van der Waals surface area contributed by atoms with Crippen LogP contribution in [-0.4, -0.2) is 25.2 Å². The fourth-order valence-electron chi connectivity index (χ4n) is 1.46. The molecule has 2 aromatic rings. The van der Waals surface area contributed by atoms with Crippen molar-refractivity contribution in [2.75, 3.05) is 11.3 Å². The fourth-order valence-corrected chi connectivity index (χ4v) is 2.60.